The van der Waals surface area contributed by atoms with Gasteiger partial charge in [0.15, 0.2) is 0 Å². The Hall–Kier alpha value is -1.75. The first-order chi connectivity index (χ1) is 11.7. The van der Waals surface area contributed by atoms with Crippen LogP contribution in [0.25, 0.3) is 0 Å². The summed E-state index contributed by atoms with van der Waals surface area (Å²) in [6.07, 6.45) is 8.90. The number of aliphatic hydroxyl groups excluding tert-OH is 1. The van der Waals surface area contributed by atoms with Gasteiger partial charge in [-0.05, 0) is 43.9 Å². The first-order valence-electron chi connectivity index (χ1n) is 9.26. The molecule has 2 fully saturated rings. The molecule has 0 bridgehead atoms. The van der Waals surface area contributed by atoms with Gasteiger partial charge in [-0.1, -0.05) is 31.7 Å². The molecule has 1 heterocycles. The van der Waals surface area contributed by atoms with Gasteiger partial charge in [0.05, 0.1) is 12.1 Å². The molecule has 0 atom stereocenters. The summed E-state index contributed by atoms with van der Waals surface area (Å²) in [6, 6.07) is 7.85. The van der Waals surface area contributed by atoms with Crippen molar-refractivity contribution in [1.82, 2.24) is 5.32 Å². The molecule has 5 heteroatoms. The van der Waals surface area contributed by atoms with E-state index in [1.54, 1.807) is 0 Å². The smallest absolute Gasteiger partial charge is 0.319 e. The lowest BCUT2D eigenvalue weighted by Gasteiger charge is -2.28. The zero-order valence-electron chi connectivity index (χ0n) is 14.4. The Bertz CT molecular complexity index is 547. The van der Waals surface area contributed by atoms with Gasteiger partial charge in [0, 0.05) is 24.5 Å². The fourth-order valence-corrected chi connectivity index (χ4v) is 3.89. The molecule has 0 spiro atoms. The van der Waals surface area contributed by atoms with E-state index in [1.165, 1.54) is 31.4 Å². The minimum Gasteiger partial charge on any atom is -0.394 e. The van der Waals surface area contributed by atoms with Crippen LogP contribution < -0.4 is 15.5 Å². The van der Waals surface area contributed by atoms with Crippen LogP contribution >= 0.6 is 0 Å². The van der Waals surface area contributed by atoms with Crippen molar-refractivity contribution in [3.63, 3.8) is 0 Å². The first kappa shape index (κ1) is 17.1. The molecular formula is C19H29N3O2. The molecule has 24 heavy (non-hydrogen) atoms. The average Bonchev–Trinajstić information content (AvgIpc) is 2.88. The van der Waals surface area contributed by atoms with Crippen LogP contribution in [-0.2, 0) is 0 Å². The van der Waals surface area contributed by atoms with Crippen molar-refractivity contribution in [2.24, 2.45) is 0 Å². The lowest BCUT2D eigenvalue weighted by atomic mass is 9.99. The fraction of sp³-hybridized carbons (Fsp3) is 0.632. The van der Waals surface area contributed by atoms with Gasteiger partial charge in [0.2, 0.25) is 0 Å². The van der Waals surface area contributed by atoms with Gasteiger partial charge in [-0.15, -0.1) is 0 Å². The third kappa shape index (κ3) is 4.20. The molecule has 132 valence electrons. The molecule has 1 aromatic rings. The van der Waals surface area contributed by atoms with E-state index in [4.69, 9.17) is 0 Å². The summed E-state index contributed by atoms with van der Waals surface area (Å²) in [7, 11) is 0. The number of carbonyl (C=O) groups is 1. The highest BCUT2D eigenvalue weighted by molar-refractivity contribution is 5.90. The maximum atomic E-state index is 12.3. The lowest BCUT2D eigenvalue weighted by molar-refractivity contribution is 0.167. The molecule has 0 radical (unpaired) electrons. The van der Waals surface area contributed by atoms with Crippen molar-refractivity contribution in [1.29, 1.82) is 0 Å². The number of urea groups is 1. The Morgan fingerprint density at radius 3 is 2.46 bits per heavy atom. The Balaban J connectivity index is 1.62. The summed E-state index contributed by atoms with van der Waals surface area (Å²) in [5.41, 5.74) is 1.54. The summed E-state index contributed by atoms with van der Waals surface area (Å²) < 4.78 is 0. The number of benzene rings is 1. The molecule has 1 aliphatic carbocycles. The van der Waals surface area contributed by atoms with Crippen LogP contribution in [0.15, 0.2) is 24.3 Å². The molecule has 3 N–H and O–H groups in total. The largest absolute Gasteiger partial charge is 0.394 e. The van der Waals surface area contributed by atoms with Crippen LogP contribution in [0, 0.1) is 0 Å². The predicted octanol–water partition coefficient (Wildman–Crippen LogP) is 3.49. The maximum Gasteiger partial charge on any atom is 0.319 e. The number of rotatable bonds is 4. The standard InChI is InChI=1S/C19H29N3O2/c23-15-19(10-3-4-11-19)21-18(24)20-16-8-7-9-17(14-16)22-12-5-1-2-6-13-22/h7-9,14,23H,1-6,10-13,15H2,(H2,20,21,24). The van der Waals surface area contributed by atoms with Gasteiger partial charge in [-0.25, -0.2) is 4.79 Å². The predicted molar refractivity (Wildman–Crippen MR) is 97.6 cm³/mol. The van der Waals surface area contributed by atoms with Gasteiger partial charge in [0.1, 0.15) is 0 Å². The van der Waals surface area contributed by atoms with Crippen molar-refractivity contribution in [3.05, 3.63) is 24.3 Å². The molecule has 2 aliphatic rings. The number of aliphatic hydroxyl groups is 1. The lowest BCUT2D eigenvalue weighted by Crippen LogP contribution is -2.50. The highest BCUT2D eigenvalue weighted by atomic mass is 16.3. The number of nitrogens with one attached hydrogen (secondary N) is 2. The van der Waals surface area contributed by atoms with E-state index in [2.05, 4.69) is 21.6 Å². The first-order valence-corrected chi connectivity index (χ1v) is 9.26. The van der Waals surface area contributed by atoms with E-state index in [0.717, 1.165) is 44.5 Å². The highest BCUT2D eigenvalue weighted by Crippen LogP contribution is 2.29. The maximum absolute atomic E-state index is 12.3. The molecule has 3 rings (SSSR count). The second kappa shape index (κ2) is 7.88. The summed E-state index contributed by atoms with van der Waals surface area (Å²) >= 11 is 0. The van der Waals surface area contributed by atoms with Crippen molar-refractivity contribution in [3.8, 4) is 0 Å². The van der Waals surface area contributed by atoms with E-state index in [1.807, 2.05) is 18.2 Å². The minimum absolute atomic E-state index is 0.00817. The number of carbonyl (C=O) groups excluding carboxylic acids is 1. The molecule has 5 nitrogen and oxygen atoms in total. The van der Waals surface area contributed by atoms with E-state index < -0.39 is 5.54 Å². The molecule has 0 unspecified atom stereocenters. The van der Waals surface area contributed by atoms with Gasteiger partial charge < -0.3 is 20.6 Å². The monoisotopic (exact) mass is 331 g/mol. The topological polar surface area (TPSA) is 64.6 Å². The summed E-state index contributed by atoms with van der Waals surface area (Å²) in [4.78, 5) is 14.7. The van der Waals surface area contributed by atoms with Crippen molar-refractivity contribution in [2.45, 2.75) is 56.9 Å². The average molecular weight is 331 g/mol. The second-order valence-corrected chi connectivity index (χ2v) is 7.18. The third-order valence-electron chi connectivity index (χ3n) is 5.32. The molecule has 1 aromatic carbocycles. The Kier molecular flexibility index (Phi) is 5.61. The van der Waals surface area contributed by atoms with E-state index in [-0.39, 0.29) is 12.6 Å². The van der Waals surface area contributed by atoms with Crippen LogP contribution in [0.4, 0.5) is 16.2 Å². The van der Waals surface area contributed by atoms with Gasteiger partial charge in [-0.2, -0.15) is 0 Å². The Morgan fingerprint density at radius 1 is 1.08 bits per heavy atom. The number of nitrogens with zero attached hydrogens (tertiary/aromatic N) is 1. The minimum atomic E-state index is -0.438. The summed E-state index contributed by atoms with van der Waals surface area (Å²) in [6.45, 7) is 2.18. The molecule has 1 aliphatic heterocycles. The zero-order chi connectivity index (χ0) is 16.8. The molecule has 0 aromatic heterocycles. The highest BCUT2D eigenvalue weighted by Gasteiger charge is 2.34. The number of anilines is 2. The van der Waals surface area contributed by atoms with Gasteiger partial charge in [-0.3, -0.25) is 0 Å². The number of amides is 2. The summed E-state index contributed by atoms with van der Waals surface area (Å²) in [5.74, 6) is 0. The molecule has 1 saturated heterocycles. The molecule has 1 saturated carbocycles. The number of hydrogen-bond donors (Lipinski definition) is 3. The number of hydrogen-bond acceptors (Lipinski definition) is 3. The third-order valence-corrected chi connectivity index (χ3v) is 5.32. The Morgan fingerprint density at radius 2 is 1.79 bits per heavy atom. The van der Waals surface area contributed by atoms with E-state index in [0.29, 0.717) is 0 Å². The normalized spacial score (nSPS) is 20.5. The van der Waals surface area contributed by atoms with Crippen LogP contribution in [-0.4, -0.2) is 36.4 Å². The van der Waals surface area contributed by atoms with Crippen molar-refractivity contribution >= 4 is 17.4 Å². The fourth-order valence-electron chi connectivity index (χ4n) is 3.89. The van der Waals surface area contributed by atoms with E-state index >= 15 is 0 Å². The van der Waals surface area contributed by atoms with Crippen molar-refractivity contribution in [2.75, 3.05) is 29.9 Å². The van der Waals surface area contributed by atoms with Crippen molar-refractivity contribution < 1.29 is 9.90 Å². The van der Waals surface area contributed by atoms with Gasteiger partial charge in [0.25, 0.3) is 0 Å². The van der Waals surface area contributed by atoms with E-state index in [9.17, 15) is 9.90 Å². The van der Waals surface area contributed by atoms with Gasteiger partial charge >= 0.3 is 6.03 Å². The molecule has 2 amide bonds. The zero-order valence-corrected chi connectivity index (χ0v) is 14.4. The van der Waals surface area contributed by atoms with Crippen LogP contribution in [0.5, 0.6) is 0 Å². The molecular weight excluding hydrogens is 302 g/mol. The summed E-state index contributed by atoms with van der Waals surface area (Å²) in [5, 5.41) is 15.5. The SMILES string of the molecule is O=C(Nc1cccc(N2CCCCCC2)c1)NC1(CO)CCCC1. The van der Waals surface area contributed by atoms with Crippen LogP contribution in [0.2, 0.25) is 0 Å². The quantitative estimate of drug-likeness (QED) is 0.791. The van der Waals surface area contributed by atoms with Crippen LogP contribution in [0.1, 0.15) is 51.4 Å². The second-order valence-electron chi connectivity index (χ2n) is 7.18. The Labute approximate surface area is 144 Å². The van der Waals surface area contributed by atoms with Crippen LogP contribution in [0.3, 0.4) is 0 Å².